The predicted octanol–water partition coefficient (Wildman–Crippen LogP) is 4.22. The minimum atomic E-state index is 0.615. The van der Waals surface area contributed by atoms with Crippen LogP contribution in [0.1, 0.15) is 22.4 Å². The molecule has 1 heterocycles. The topological polar surface area (TPSA) is 24.9 Å². The fourth-order valence-electron chi connectivity index (χ4n) is 2.35. The molecule has 0 fully saturated rings. The molecule has 0 aliphatic carbocycles. The largest absolute Gasteiger partial charge is 0.317 e. The second kappa shape index (κ2) is 7.91. The number of aryl methyl sites for hydroxylation is 1. The molecule has 0 aliphatic heterocycles. The van der Waals surface area contributed by atoms with E-state index in [0.717, 1.165) is 35.4 Å². The standard InChI is InChI=1S/C16H21BrN2S/c1-3-18-10-14(9-16-11-19-12(2)20-16)7-13-5-4-6-15(17)8-13/h4-6,8,11,14,18H,3,7,9-10H2,1-2H3. The van der Waals surface area contributed by atoms with Gasteiger partial charge in [0.05, 0.1) is 5.01 Å². The molecule has 1 atom stereocenters. The Hall–Kier alpha value is -0.710. The first-order chi connectivity index (χ1) is 9.67. The molecule has 0 aliphatic rings. The van der Waals surface area contributed by atoms with Gasteiger partial charge in [-0.15, -0.1) is 11.3 Å². The van der Waals surface area contributed by atoms with Crippen molar-refractivity contribution in [2.45, 2.75) is 26.7 Å². The summed E-state index contributed by atoms with van der Waals surface area (Å²) in [4.78, 5) is 5.75. The second-order valence-electron chi connectivity index (χ2n) is 5.06. The van der Waals surface area contributed by atoms with Crippen LogP contribution in [0.15, 0.2) is 34.9 Å². The molecule has 4 heteroatoms. The number of hydrogen-bond donors (Lipinski definition) is 1. The van der Waals surface area contributed by atoms with Crippen LogP contribution in [0, 0.1) is 12.8 Å². The Kier molecular flexibility index (Phi) is 6.20. The van der Waals surface area contributed by atoms with Crippen molar-refractivity contribution >= 4 is 27.3 Å². The number of nitrogens with zero attached hydrogens (tertiary/aromatic N) is 1. The average Bonchev–Trinajstić information content (AvgIpc) is 2.81. The number of rotatable bonds is 7. The number of aromatic nitrogens is 1. The summed E-state index contributed by atoms with van der Waals surface area (Å²) >= 11 is 5.37. The van der Waals surface area contributed by atoms with Gasteiger partial charge in [0.2, 0.25) is 0 Å². The average molecular weight is 353 g/mol. The molecule has 1 N–H and O–H groups in total. The molecule has 1 aromatic carbocycles. The van der Waals surface area contributed by atoms with Gasteiger partial charge in [-0.2, -0.15) is 0 Å². The Balaban J connectivity index is 2.02. The van der Waals surface area contributed by atoms with E-state index in [1.807, 2.05) is 17.5 Å². The van der Waals surface area contributed by atoms with Gasteiger partial charge in [0.1, 0.15) is 0 Å². The molecular formula is C16H21BrN2S. The van der Waals surface area contributed by atoms with Crippen molar-refractivity contribution in [1.29, 1.82) is 0 Å². The van der Waals surface area contributed by atoms with Gasteiger partial charge in [0, 0.05) is 15.5 Å². The van der Waals surface area contributed by atoms with Crippen molar-refractivity contribution in [2.24, 2.45) is 5.92 Å². The lowest BCUT2D eigenvalue weighted by atomic mass is 9.95. The lowest BCUT2D eigenvalue weighted by Gasteiger charge is -2.16. The summed E-state index contributed by atoms with van der Waals surface area (Å²) in [5.74, 6) is 0.615. The Morgan fingerprint density at radius 3 is 2.85 bits per heavy atom. The van der Waals surface area contributed by atoms with Crippen LogP contribution in [-0.2, 0) is 12.8 Å². The monoisotopic (exact) mass is 352 g/mol. The van der Waals surface area contributed by atoms with Crippen molar-refractivity contribution in [2.75, 3.05) is 13.1 Å². The van der Waals surface area contributed by atoms with Gasteiger partial charge in [-0.1, -0.05) is 35.0 Å². The smallest absolute Gasteiger partial charge is 0.0896 e. The highest BCUT2D eigenvalue weighted by Gasteiger charge is 2.12. The maximum atomic E-state index is 4.36. The molecule has 0 bridgehead atoms. The van der Waals surface area contributed by atoms with Crippen molar-refractivity contribution in [1.82, 2.24) is 10.3 Å². The van der Waals surface area contributed by atoms with Gasteiger partial charge >= 0.3 is 0 Å². The van der Waals surface area contributed by atoms with E-state index in [9.17, 15) is 0 Å². The van der Waals surface area contributed by atoms with Crippen molar-refractivity contribution in [3.8, 4) is 0 Å². The zero-order valence-corrected chi connectivity index (χ0v) is 14.4. The molecule has 0 saturated heterocycles. The van der Waals surface area contributed by atoms with Crippen LogP contribution in [0.4, 0.5) is 0 Å². The number of halogens is 1. The first kappa shape index (κ1) is 15.7. The molecule has 0 spiro atoms. The Labute approximate surface area is 133 Å². The van der Waals surface area contributed by atoms with Crippen molar-refractivity contribution in [3.05, 3.63) is 50.4 Å². The molecule has 20 heavy (non-hydrogen) atoms. The van der Waals surface area contributed by atoms with Crippen molar-refractivity contribution < 1.29 is 0 Å². The molecule has 1 unspecified atom stereocenters. The van der Waals surface area contributed by atoms with Crippen LogP contribution in [0.5, 0.6) is 0 Å². The molecule has 2 rings (SSSR count). The summed E-state index contributed by atoms with van der Waals surface area (Å²) < 4.78 is 1.16. The van der Waals surface area contributed by atoms with Crippen LogP contribution in [0.2, 0.25) is 0 Å². The summed E-state index contributed by atoms with van der Waals surface area (Å²) in [7, 11) is 0. The molecular weight excluding hydrogens is 332 g/mol. The normalized spacial score (nSPS) is 12.6. The van der Waals surface area contributed by atoms with Gasteiger partial charge in [0.25, 0.3) is 0 Å². The van der Waals surface area contributed by atoms with Gasteiger partial charge in [-0.05, 0) is 56.5 Å². The molecule has 108 valence electrons. The van der Waals surface area contributed by atoms with Gasteiger partial charge in [-0.25, -0.2) is 4.98 Å². The van der Waals surface area contributed by atoms with Gasteiger partial charge < -0.3 is 5.32 Å². The summed E-state index contributed by atoms with van der Waals surface area (Å²) in [6.45, 7) is 6.31. The maximum Gasteiger partial charge on any atom is 0.0896 e. The first-order valence-corrected chi connectivity index (χ1v) is 8.64. The summed E-state index contributed by atoms with van der Waals surface area (Å²) in [5, 5.41) is 4.64. The molecule has 2 aromatic rings. The fourth-order valence-corrected chi connectivity index (χ4v) is 3.70. The van der Waals surface area contributed by atoms with Crippen LogP contribution in [0.25, 0.3) is 0 Å². The predicted molar refractivity (Wildman–Crippen MR) is 90.4 cm³/mol. The summed E-state index contributed by atoms with van der Waals surface area (Å²) in [6.07, 6.45) is 4.23. The Bertz CT molecular complexity index is 539. The highest BCUT2D eigenvalue weighted by atomic mass is 79.9. The third kappa shape index (κ3) is 5.00. The first-order valence-electron chi connectivity index (χ1n) is 7.04. The molecule has 0 amide bonds. The number of nitrogens with one attached hydrogen (secondary N) is 1. The van der Waals surface area contributed by atoms with Crippen LogP contribution in [0.3, 0.4) is 0 Å². The minimum absolute atomic E-state index is 0.615. The van der Waals surface area contributed by atoms with E-state index >= 15 is 0 Å². The third-order valence-corrected chi connectivity index (χ3v) is 4.68. The lowest BCUT2D eigenvalue weighted by molar-refractivity contribution is 0.481. The highest BCUT2D eigenvalue weighted by molar-refractivity contribution is 9.10. The van der Waals surface area contributed by atoms with Gasteiger partial charge in [-0.3, -0.25) is 0 Å². The van der Waals surface area contributed by atoms with E-state index in [0.29, 0.717) is 5.92 Å². The van der Waals surface area contributed by atoms with Gasteiger partial charge in [0.15, 0.2) is 0 Å². The molecule has 1 aromatic heterocycles. The SMILES string of the molecule is CCNCC(Cc1cccc(Br)c1)Cc1cnc(C)s1. The van der Waals surface area contributed by atoms with E-state index in [2.05, 4.69) is 64.3 Å². The van der Waals surface area contributed by atoms with E-state index in [1.165, 1.54) is 10.4 Å². The fraction of sp³-hybridized carbons (Fsp3) is 0.438. The minimum Gasteiger partial charge on any atom is -0.317 e. The maximum absolute atomic E-state index is 4.36. The van der Waals surface area contributed by atoms with E-state index in [-0.39, 0.29) is 0 Å². The zero-order chi connectivity index (χ0) is 14.4. The number of thiazole rings is 1. The van der Waals surface area contributed by atoms with Crippen LogP contribution < -0.4 is 5.32 Å². The zero-order valence-electron chi connectivity index (χ0n) is 12.0. The number of hydrogen-bond acceptors (Lipinski definition) is 3. The number of benzene rings is 1. The van der Waals surface area contributed by atoms with Crippen LogP contribution >= 0.6 is 27.3 Å². The van der Waals surface area contributed by atoms with E-state index in [1.54, 1.807) is 0 Å². The molecule has 0 radical (unpaired) electrons. The Morgan fingerprint density at radius 2 is 2.20 bits per heavy atom. The summed E-state index contributed by atoms with van der Waals surface area (Å²) in [5.41, 5.74) is 1.39. The van der Waals surface area contributed by atoms with Crippen LogP contribution in [-0.4, -0.2) is 18.1 Å². The third-order valence-electron chi connectivity index (χ3n) is 3.26. The lowest BCUT2D eigenvalue weighted by Crippen LogP contribution is -2.25. The van der Waals surface area contributed by atoms with Crippen molar-refractivity contribution in [3.63, 3.8) is 0 Å². The molecule has 2 nitrogen and oxygen atoms in total. The molecule has 0 saturated carbocycles. The van der Waals surface area contributed by atoms with E-state index < -0.39 is 0 Å². The summed E-state index contributed by atoms with van der Waals surface area (Å²) in [6, 6.07) is 8.62. The quantitative estimate of drug-likeness (QED) is 0.806. The Morgan fingerprint density at radius 1 is 1.35 bits per heavy atom. The van der Waals surface area contributed by atoms with E-state index in [4.69, 9.17) is 0 Å². The highest BCUT2D eigenvalue weighted by Crippen LogP contribution is 2.20. The second-order valence-corrected chi connectivity index (χ2v) is 7.29.